The molecule has 2 rings (SSSR count). The molecule has 2 aromatic rings. The number of hydrogen-bond acceptors (Lipinski definition) is 4. The zero-order valence-corrected chi connectivity index (χ0v) is 17.3. The minimum atomic E-state index is -5.08. The van der Waals surface area contributed by atoms with E-state index in [2.05, 4.69) is 0 Å². The number of halogens is 6. The molecule has 0 bridgehead atoms. The highest BCUT2D eigenvalue weighted by atomic mass is 32.2. The van der Waals surface area contributed by atoms with Crippen LogP contribution in [0.2, 0.25) is 0 Å². The van der Waals surface area contributed by atoms with Gasteiger partial charge in [0.15, 0.2) is 5.60 Å². The van der Waals surface area contributed by atoms with Crippen LogP contribution in [0.5, 0.6) is 0 Å². The van der Waals surface area contributed by atoms with Crippen LogP contribution in [0.25, 0.3) is 6.08 Å². The van der Waals surface area contributed by atoms with Gasteiger partial charge in [-0.2, -0.15) is 43.4 Å². The minimum absolute atomic E-state index is 0.109. The number of aliphatic hydroxyl groups excluding tert-OH is 1. The van der Waals surface area contributed by atoms with Gasteiger partial charge < -0.3 is 10.2 Å². The SMILES string of the molecule is N#Cc1ccc(/C=C/C(O)(CSCCC(O)c2ccccc2)C(F)(F)F)cc1C(F)(F)F. The first kappa shape index (κ1) is 25.8. The van der Waals surface area contributed by atoms with E-state index in [1.807, 2.05) is 0 Å². The van der Waals surface area contributed by atoms with Crippen molar-refractivity contribution >= 4 is 17.8 Å². The molecule has 2 unspecified atom stereocenters. The highest BCUT2D eigenvalue weighted by Gasteiger charge is 2.51. The van der Waals surface area contributed by atoms with E-state index in [4.69, 9.17) is 5.26 Å². The van der Waals surface area contributed by atoms with Gasteiger partial charge in [-0.1, -0.05) is 42.5 Å². The molecule has 32 heavy (non-hydrogen) atoms. The summed E-state index contributed by atoms with van der Waals surface area (Å²) in [5.74, 6) is -0.700. The second-order valence-corrected chi connectivity index (χ2v) is 8.04. The summed E-state index contributed by atoms with van der Waals surface area (Å²) in [6.07, 6.45) is -9.52. The molecule has 0 saturated heterocycles. The number of aliphatic hydroxyl groups is 2. The van der Waals surface area contributed by atoms with E-state index in [0.717, 1.165) is 30.0 Å². The van der Waals surface area contributed by atoms with Crippen LogP contribution in [0, 0.1) is 11.3 Å². The Balaban J connectivity index is 2.11. The van der Waals surface area contributed by atoms with Crippen molar-refractivity contribution in [2.24, 2.45) is 0 Å². The Morgan fingerprint density at radius 2 is 1.69 bits per heavy atom. The Kier molecular flexibility index (Phi) is 8.40. The van der Waals surface area contributed by atoms with Gasteiger partial charge in [-0.05, 0) is 41.5 Å². The van der Waals surface area contributed by atoms with E-state index in [-0.39, 0.29) is 17.7 Å². The lowest BCUT2D eigenvalue weighted by molar-refractivity contribution is -0.230. The monoisotopic (exact) mass is 475 g/mol. The van der Waals surface area contributed by atoms with Crippen molar-refractivity contribution in [3.8, 4) is 6.07 Å². The highest BCUT2D eigenvalue weighted by molar-refractivity contribution is 7.99. The molecule has 0 fully saturated rings. The first-order valence-corrected chi connectivity index (χ1v) is 10.4. The molecule has 3 nitrogen and oxygen atoms in total. The van der Waals surface area contributed by atoms with Crippen molar-refractivity contribution < 1.29 is 36.6 Å². The summed E-state index contributed by atoms with van der Waals surface area (Å²) in [6, 6.07) is 12.4. The summed E-state index contributed by atoms with van der Waals surface area (Å²) in [6.45, 7) is 0. The molecule has 0 heterocycles. The van der Waals surface area contributed by atoms with Crippen molar-refractivity contribution in [2.75, 3.05) is 11.5 Å². The maximum absolute atomic E-state index is 13.5. The van der Waals surface area contributed by atoms with Gasteiger partial charge in [0, 0.05) is 5.75 Å². The third-order valence-corrected chi connectivity index (χ3v) is 5.72. The van der Waals surface area contributed by atoms with Crippen LogP contribution in [0.15, 0.2) is 54.6 Å². The molecule has 0 aliphatic heterocycles. The smallest absolute Gasteiger partial charge is 0.388 e. The normalized spacial score (nSPS) is 15.3. The van der Waals surface area contributed by atoms with Crippen LogP contribution >= 0.6 is 11.8 Å². The molecule has 0 amide bonds. The second-order valence-electron chi connectivity index (χ2n) is 6.94. The minimum Gasteiger partial charge on any atom is -0.388 e. The number of nitriles is 1. The summed E-state index contributed by atoms with van der Waals surface area (Å²) in [5, 5.41) is 29.0. The predicted octanol–water partition coefficient (Wildman–Crippen LogP) is 5.74. The fraction of sp³-hybridized carbons (Fsp3) is 0.318. The average Bonchev–Trinajstić information content (AvgIpc) is 2.74. The Hall–Kier alpha value is -2.48. The Labute approximate surface area is 185 Å². The Bertz CT molecular complexity index is 969. The number of alkyl halides is 6. The highest BCUT2D eigenvalue weighted by Crippen LogP contribution is 2.36. The quantitative estimate of drug-likeness (QED) is 0.378. The molecule has 2 atom stereocenters. The number of benzene rings is 2. The lowest BCUT2D eigenvalue weighted by Crippen LogP contribution is -2.45. The van der Waals surface area contributed by atoms with Crippen LogP contribution in [0.3, 0.4) is 0 Å². The van der Waals surface area contributed by atoms with Gasteiger partial charge in [-0.3, -0.25) is 0 Å². The molecular formula is C22H19F6NO2S. The number of thioether (sulfide) groups is 1. The molecule has 0 aliphatic rings. The summed E-state index contributed by atoms with van der Waals surface area (Å²) >= 11 is 0.754. The van der Waals surface area contributed by atoms with E-state index in [0.29, 0.717) is 17.7 Å². The summed E-state index contributed by atoms with van der Waals surface area (Å²) < 4.78 is 79.5. The summed E-state index contributed by atoms with van der Waals surface area (Å²) in [7, 11) is 0. The molecule has 0 radical (unpaired) electrons. The lowest BCUT2D eigenvalue weighted by Gasteiger charge is -2.27. The van der Waals surface area contributed by atoms with Gasteiger partial charge in [-0.25, -0.2) is 0 Å². The number of hydrogen-bond donors (Lipinski definition) is 2. The molecule has 0 saturated carbocycles. The predicted molar refractivity (Wildman–Crippen MR) is 110 cm³/mol. The zero-order chi connectivity index (χ0) is 24.0. The van der Waals surface area contributed by atoms with Crippen molar-refractivity contribution in [1.82, 2.24) is 0 Å². The van der Waals surface area contributed by atoms with Crippen molar-refractivity contribution in [1.29, 1.82) is 5.26 Å². The van der Waals surface area contributed by atoms with E-state index >= 15 is 0 Å². The first-order valence-electron chi connectivity index (χ1n) is 9.28. The van der Waals surface area contributed by atoms with Crippen LogP contribution in [-0.2, 0) is 6.18 Å². The fourth-order valence-electron chi connectivity index (χ4n) is 2.72. The molecule has 10 heteroatoms. The summed E-state index contributed by atoms with van der Waals surface area (Å²) in [5.41, 5.74) is -4.86. The standard InChI is InChI=1S/C22H19F6NO2S/c23-21(24,25)18-12-15(6-7-17(18)13-29)8-10-20(31,22(26,27)28)14-32-11-9-19(30)16-4-2-1-3-5-16/h1-8,10,12,19,30-31H,9,11,14H2/b10-8+. The number of rotatable bonds is 8. The molecule has 2 aromatic carbocycles. The summed E-state index contributed by atoms with van der Waals surface area (Å²) in [4.78, 5) is 0. The molecule has 0 aliphatic carbocycles. The first-order chi connectivity index (χ1) is 14.9. The van der Waals surface area contributed by atoms with Gasteiger partial charge in [0.1, 0.15) is 0 Å². The zero-order valence-electron chi connectivity index (χ0n) is 16.5. The van der Waals surface area contributed by atoms with E-state index in [9.17, 15) is 36.6 Å². The average molecular weight is 475 g/mol. The van der Waals surface area contributed by atoms with Crippen LogP contribution in [0.4, 0.5) is 26.3 Å². The Morgan fingerprint density at radius 1 is 1.03 bits per heavy atom. The van der Waals surface area contributed by atoms with Crippen molar-refractivity contribution in [3.05, 3.63) is 76.9 Å². The van der Waals surface area contributed by atoms with Gasteiger partial charge in [0.2, 0.25) is 0 Å². The largest absolute Gasteiger partial charge is 0.421 e. The van der Waals surface area contributed by atoms with Crippen molar-refractivity contribution in [3.63, 3.8) is 0 Å². The third kappa shape index (κ3) is 6.76. The number of nitrogens with zero attached hydrogens (tertiary/aromatic N) is 1. The van der Waals surface area contributed by atoms with Crippen molar-refractivity contribution in [2.45, 2.75) is 30.5 Å². The second kappa shape index (κ2) is 10.4. The van der Waals surface area contributed by atoms with Gasteiger partial charge in [-0.15, -0.1) is 0 Å². The van der Waals surface area contributed by atoms with Gasteiger partial charge in [0.25, 0.3) is 0 Å². The van der Waals surface area contributed by atoms with E-state index in [1.54, 1.807) is 30.3 Å². The Morgan fingerprint density at radius 3 is 2.25 bits per heavy atom. The molecule has 0 aromatic heterocycles. The van der Waals surface area contributed by atoms with Crippen LogP contribution in [-0.4, -0.2) is 33.5 Å². The third-order valence-electron chi connectivity index (χ3n) is 4.55. The lowest BCUT2D eigenvalue weighted by atomic mass is 10.0. The molecular weight excluding hydrogens is 456 g/mol. The van der Waals surface area contributed by atoms with Gasteiger partial charge >= 0.3 is 12.4 Å². The molecule has 0 spiro atoms. The maximum Gasteiger partial charge on any atom is 0.421 e. The van der Waals surface area contributed by atoms with Gasteiger partial charge in [0.05, 0.1) is 23.3 Å². The van der Waals surface area contributed by atoms with E-state index < -0.39 is 40.9 Å². The van der Waals surface area contributed by atoms with E-state index in [1.165, 1.54) is 6.07 Å². The molecule has 172 valence electrons. The topological polar surface area (TPSA) is 64.2 Å². The maximum atomic E-state index is 13.5. The fourth-order valence-corrected chi connectivity index (χ4v) is 3.83. The van der Waals surface area contributed by atoms with Crippen LogP contribution in [0.1, 0.15) is 34.8 Å². The molecule has 2 N–H and O–H groups in total. The van der Waals surface area contributed by atoms with Crippen LogP contribution < -0.4 is 0 Å².